The molecule has 4 nitrogen and oxygen atoms in total. The van der Waals surface area contributed by atoms with Gasteiger partial charge in [0.25, 0.3) is 5.91 Å². The van der Waals surface area contributed by atoms with Crippen molar-refractivity contribution in [1.29, 1.82) is 0 Å². The fourth-order valence-electron chi connectivity index (χ4n) is 2.78. The van der Waals surface area contributed by atoms with Gasteiger partial charge in [0, 0.05) is 30.0 Å². The Morgan fingerprint density at radius 3 is 2.74 bits per heavy atom. The Balaban J connectivity index is 1.54. The molecule has 2 N–H and O–H groups in total. The van der Waals surface area contributed by atoms with Gasteiger partial charge in [0.1, 0.15) is 5.69 Å². The third-order valence-corrected chi connectivity index (χ3v) is 4.56. The highest BCUT2D eigenvalue weighted by atomic mass is 35.5. The molecule has 138 valence electrons. The van der Waals surface area contributed by atoms with Crippen LogP contribution in [0.15, 0.2) is 66.9 Å². The molecule has 5 heteroatoms. The number of halogens is 1. The molecule has 1 aromatic heterocycles. The molecule has 0 aliphatic heterocycles. The van der Waals surface area contributed by atoms with E-state index in [1.54, 1.807) is 12.3 Å². The van der Waals surface area contributed by atoms with E-state index in [1.807, 2.05) is 61.5 Å². The van der Waals surface area contributed by atoms with E-state index in [4.69, 9.17) is 11.6 Å². The molecule has 3 rings (SSSR count). The largest absolute Gasteiger partial charge is 0.385 e. The van der Waals surface area contributed by atoms with Crippen LogP contribution in [0.4, 0.5) is 5.69 Å². The maximum atomic E-state index is 12.4. The van der Waals surface area contributed by atoms with Gasteiger partial charge in [0.15, 0.2) is 0 Å². The Morgan fingerprint density at radius 2 is 1.93 bits per heavy atom. The Bertz CT molecular complexity index is 927. The van der Waals surface area contributed by atoms with E-state index in [0.29, 0.717) is 12.2 Å². The number of benzene rings is 2. The highest BCUT2D eigenvalue weighted by molar-refractivity contribution is 6.30. The minimum atomic E-state index is -0.184. The predicted molar refractivity (Wildman–Crippen MR) is 110 cm³/mol. The van der Waals surface area contributed by atoms with E-state index < -0.39 is 0 Å². The number of nitrogens with zero attached hydrogens (tertiary/aromatic N) is 1. The molecule has 2 aromatic carbocycles. The summed E-state index contributed by atoms with van der Waals surface area (Å²) in [5.41, 5.74) is 4.69. The summed E-state index contributed by atoms with van der Waals surface area (Å²) in [6.07, 6.45) is 2.49. The molecule has 0 saturated carbocycles. The zero-order valence-corrected chi connectivity index (χ0v) is 16.0. The molecule has 1 heterocycles. The van der Waals surface area contributed by atoms with Crippen molar-refractivity contribution in [2.45, 2.75) is 19.9 Å². The molecule has 3 aromatic rings. The molecule has 0 fully saturated rings. The predicted octanol–water partition coefficient (Wildman–Crippen LogP) is 4.63. The Hall–Kier alpha value is -2.85. The van der Waals surface area contributed by atoms with Gasteiger partial charge in [-0.2, -0.15) is 0 Å². The van der Waals surface area contributed by atoms with Crippen LogP contribution < -0.4 is 10.6 Å². The molecule has 0 unspecified atom stereocenters. The third kappa shape index (κ3) is 5.56. The van der Waals surface area contributed by atoms with Crippen molar-refractivity contribution in [2.75, 3.05) is 11.9 Å². The van der Waals surface area contributed by atoms with Gasteiger partial charge in [0.2, 0.25) is 0 Å². The highest BCUT2D eigenvalue weighted by Gasteiger charge is 2.08. The second-order valence-electron chi connectivity index (χ2n) is 6.35. The van der Waals surface area contributed by atoms with Crippen molar-refractivity contribution in [1.82, 2.24) is 10.3 Å². The Kier molecular flexibility index (Phi) is 6.44. The summed E-state index contributed by atoms with van der Waals surface area (Å²) < 4.78 is 0. The second-order valence-corrected chi connectivity index (χ2v) is 6.78. The van der Waals surface area contributed by atoms with Crippen molar-refractivity contribution >= 4 is 23.2 Å². The monoisotopic (exact) mass is 379 g/mol. The van der Waals surface area contributed by atoms with Gasteiger partial charge in [-0.15, -0.1) is 0 Å². The van der Waals surface area contributed by atoms with Crippen LogP contribution in [0, 0.1) is 6.92 Å². The molecule has 0 aliphatic carbocycles. The van der Waals surface area contributed by atoms with Crippen LogP contribution in [0.1, 0.15) is 27.2 Å². The van der Waals surface area contributed by atoms with E-state index in [-0.39, 0.29) is 5.91 Å². The SMILES string of the molecule is Cc1ccccc1CNC(=O)c1cc(NCCc2cccc(Cl)c2)ccn1. The van der Waals surface area contributed by atoms with Gasteiger partial charge < -0.3 is 10.6 Å². The standard InChI is InChI=1S/C22H22ClN3O/c1-16-5-2-3-7-18(16)15-26-22(27)21-14-20(10-12-25-21)24-11-9-17-6-4-8-19(23)13-17/h2-8,10,12-14H,9,11,15H2,1H3,(H,24,25)(H,26,27). The first-order chi connectivity index (χ1) is 13.1. The van der Waals surface area contributed by atoms with Crippen molar-refractivity contribution in [3.63, 3.8) is 0 Å². The molecule has 0 spiro atoms. The fraction of sp³-hybridized carbons (Fsp3) is 0.182. The number of carbonyl (C=O) groups is 1. The lowest BCUT2D eigenvalue weighted by Gasteiger charge is -2.10. The van der Waals surface area contributed by atoms with Crippen molar-refractivity contribution in [3.8, 4) is 0 Å². The molecule has 0 bridgehead atoms. The van der Waals surface area contributed by atoms with Crippen LogP contribution >= 0.6 is 11.6 Å². The normalized spacial score (nSPS) is 10.4. The lowest BCUT2D eigenvalue weighted by molar-refractivity contribution is 0.0946. The number of hydrogen-bond acceptors (Lipinski definition) is 3. The Morgan fingerprint density at radius 1 is 1.07 bits per heavy atom. The smallest absolute Gasteiger partial charge is 0.270 e. The van der Waals surface area contributed by atoms with Crippen molar-refractivity contribution in [2.24, 2.45) is 0 Å². The maximum Gasteiger partial charge on any atom is 0.270 e. The molecular weight excluding hydrogens is 358 g/mol. The van der Waals surface area contributed by atoms with E-state index in [1.165, 1.54) is 5.56 Å². The summed E-state index contributed by atoms with van der Waals surface area (Å²) in [5, 5.41) is 7.00. The van der Waals surface area contributed by atoms with E-state index in [9.17, 15) is 4.79 Å². The highest BCUT2D eigenvalue weighted by Crippen LogP contribution is 2.13. The van der Waals surface area contributed by atoms with Gasteiger partial charge in [0.05, 0.1) is 0 Å². The van der Waals surface area contributed by atoms with Gasteiger partial charge in [-0.25, -0.2) is 0 Å². The molecule has 1 amide bonds. The maximum absolute atomic E-state index is 12.4. The average Bonchev–Trinajstić information content (AvgIpc) is 2.67. The van der Waals surface area contributed by atoms with Gasteiger partial charge >= 0.3 is 0 Å². The average molecular weight is 380 g/mol. The van der Waals surface area contributed by atoms with E-state index in [0.717, 1.165) is 34.8 Å². The van der Waals surface area contributed by atoms with Crippen LogP contribution in [0.2, 0.25) is 5.02 Å². The number of nitrogens with one attached hydrogen (secondary N) is 2. The fourth-order valence-corrected chi connectivity index (χ4v) is 3.00. The van der Waals surface area contributed by atoms with Crippen LogP contribution in [0.25, 0.3) is 0 Å². The van der Waals surface area contributed by atoms with Crippen LogP contribution in [0.5, 0.6) is 0 Å². The number of amides is 1. The first kappa shape index (κ1) is 18.9. The number of carbonyl (C=O) groups excluding carboxylic acids is 1. The zero-order valence-electron chi connectivity index (χ0n) is 15.2. The zero-order chi connectivity index (χ0) is 19.1. The summed E-state index contributed by atoms with van der Waals surface area (Å²) in [5.74, 6) is -0.184. The van der Waals surface area contributed by atoms with Crippen LogP contribution in [-0.4, -0.2) is 17.4 Å². The first-order valence-electron chi connectivity index (χ1n) is 8.89. The minimum Gasteiger partial charge on any atom is -0.385 e. The number of aryl methyl sites for hydroxylation is 1. The van der Waals surface area contributed by atoms with Crippen LogP contribution in [-0.2, 0) is 13.0 Å². The lowest BCUT2D eigenvalue weighted by atomic mass is 10.1. The Labute approximate surface area is 164 Å². The number of rotatable bonds is 7. The van der Waals surface area contributed by atoms with E-state index in [2.05, 4.69) is 15.6 Å². The topological polar surface area (TPSA) is 54.0 Å². The van der Waals surface area contributed by atoms with Crippen molar-refractivity contribution in [3.05, 3.63) is 94.3 Å². The van der Waals surface area contributed by atoms with Gasteiger partial charge in [-0.05, 0) is 54.3 Å². The van der Waals surface area contributed by atoms with Gasteiger partial charge in [-0.1, -0.05) is 48.0 Å². The first-order valence-corrected chi connectivity index (χ1v) is 9.27. The molecule has 0 saturated heterocycles. The molecule has 0 aliphatic rings. The number of pyridine rings is 1. The lowest BCUT2D eigenvalue weighted by Crippen LogP contribution is -2.24. The molecular formula is C22H22ClN3O. The second kappa shape index (κ2) is 9.19. The van der Waals surface area contributed by atoms with Crippen molar-refractivity contribution < 1.29 is 4.79 Å². The molecule has 0 atom stereocenters. The third-order valence-electron chi connectivity index (χ3n) is 4.33. The molecule has 0 radical (unpaired) electrons. The number of hydrogen-bond donors (Lipinski definition) is 2. The quantitative estimate of drug-likeness (QED) is 0.629. The summed E-state index contributed by atoms with van der Waals surface area (Å²) in [6, 6.07) is 19.4. The summed E-state index contributed by atoms with van der Waals surface area (Å²) in [6.45, 7) is 3.26. The summed E-state index contributed by atoms with van der Waals surface area (Å²) in [4.78, 5) is 16.6. The van der Waals surface area contributed by atoms with E-state index >= 15 is 0 Å². The number of aromatic nitrogens is 1. The van der Waals surface area contributed by atoms with Crippen LogP contribution in [0.3, 0.4) is 0 Å². The minimum absolute atomic E-state index is 0.184. The summed E-state index contributed by atoms with van der Waals surface area (Å²) >= 11 is 6.01. The summed E-state index contributed by atoms with van der Waals surface area (Å²) in [7, 11) is 0. The molecule has 27 heavy (non-hydrogen) atoms. The number of anilines is 1. The van der Waals surface area contributed by atoms with Gasteiger partial charge in [-0.3, -0.25) is 9.78 Å².